The zero-order valence-electron chi connectivity index (χ0n) is 37.1. The maximum atomic E-state index is 12.0. The number of hydrogen-bond donors (Lipinski definition) is 4. The first-order valence-corrected chi connectivity index (χ1v) is 23.0. The summed E-state index contributed by atoms with van der Waals surface area (Å²) in [6.45, 7) is 5.88. The summed E-state index contributed by atoms with van der Waals surface area (Å²) in [6.07, 6.45) is 48.5. The van der Waals surface area contributed by atoms with Gasteiger partial charge >= 0.3 is 11.9 Å². The minimum Gasteiger partial charge on any atom is -0.480 e. The Labute approximate surface area is 357 Å². The van der Waals surface area contributed by atoms with Crippen LogP contribution in [0.4, 0.5) is 0 Å². The Morgan fingerprint density at radius 1 is 0.576 bits per heavy atom. The van der Waals surface area contributed by atoms with Crippen molar-refractivity contribution in [3.8, 4) is 0 Å². The molecule has 4 N–H and O–H groups in total. The van der Waals surface area contributed by atoms with Gasteiger partial charge in [-0.25, -0.2) is 9.59 Å². The molecule has 1 aliphatic rings. The molecule has 0 aliphatic carbocycles. The molecule has 0 saturated heterocycles. The summed E-state index contributed by atoms with van der Waals surface area (Å²) in [6, 6.07) is -1.86. The average molecular weight is 824 g/mol. The van der Waals surface area contributed by atoms with Gasteiger partial charge in [0, 0.05) is 44.0 Å². The molecule has 0 bridgehead atoms. The first-order valence-electron chi connectivity index (χ1n) is 23.0. The zero-order chi connectivity index (χ0) is 43.6. The molecule has 2 atom stereocenters. The summed E-state index contributed by atoms with van der Waals surface area (Å²) in [5.74, 6) is -2.59. The number of ketones is 1. The molecule has 0 radical (unpaired) electrons. The number of carboxylic acids is 2. The number of aliphatic imine (C=N–C) groups is 1. The van der Waals surface area contributed by atoms with Crippen LogP contribution in [-0.4, -0.2) is 58.0 Å². The zero-order valence-corrected chi connectivity index (χ0v) is 37.1. The van der Waals surface area contributed by atoms with E-state index >= 15 is 0 Å². The highest BCUT2D eigenvalue weighted by Crippen LogP contribution is 2.14. The molecule has 0 saturated carbocycles. The molecule has 0 aromatic carbocycles. The van der Waals surface area contributed by atoms with Crippen molar-refractivity contribution in [1.82, 2.24) is 10.6 Å². The lowest BCUT2D eigenvalue weighted by Gasteiger charge is -2.14. The predicted molar refractivity (Wildman–Crippen MR) is 244 cm³/mol. The van der Waals surface area contributed by atoms with E-state index in [1.165, 1.54) is 90.4 Å². The van der Waals surface area contributed by atoms with Crippen LogP contribution in [0.3, 0.4) is 0 Å². The minimum absolute atomic E-state index is 0.0696. The van der Waals surface area contributed by atoms with Crippen LogP contribution in [0.1, 0.15) is 201 Å². The van der Waals surface area contributed by atoms with E-state index in [2.05, 4.69) is 78.1 Å². The number of rotatable bonds is 37. The van der Waals surface area contributed by atoms with Crippen molar-refractivity contribution >= 4 is 35.8 Å². The molecule has 0 aromatic heterocycles. The standard InChI is InChI=1S/C25H40N2O3.C24H41NO4/c1-2-3-4-5-6-7-8-9-10-11-12-13-14-15-16-19-24(28)27-23(25(29)30)21-22-18-17-20-26-22;1-3-4-5-6-7-8-9-10-11-12-13-14-15-16-17-18-23(27)25-22(24(28)29)20-19-21(2)26/h7-10,18,20,23H,2-6,11-17,19,21H2,1H3,(H,27,28)(H,29,30);7-10,22H,3-6,11-20H2,1-2H3,(H,25,27)(H,28,29)/b8-7+,10-9-;8-7-,10-9+. The van der Waals surface area contributed by atoms with E-state index in [4.69, 9.17) is 5.11 Å². The van der Waals surface area contributed by atoms with Gasteiger partial charge in [0.2, 0.25) is 11.8 Å². The Bertz CT molecular complexity index is 1310. The lowest BCUT2D eigenvalue weighted by molar-refractivity contribution is -0.142. The van der Waals surface area contributed by atoms with Gasteiger partial charge in [-0.15, -0.1) is 0 Å². The molecule has 0 spiro atoms. The lowest BCUT2D eigenvalue weighted by Crippen LogP contribution is -2.40. The van der Waals surface area contributed by atoms with Crippen LogP contribution in [0.5, 0.6) is 0 Å². The predicted octanol–water partition coefficient (Wildman–Crippen LogP) is 11.9. The van der Waals surface area contributed by atoms with Crippen molar-refractivity contribution in [1.29, 1.82) is 0 Å². The third-order valence-corrected chi connectivity index (χ3v) is 9.95. The lowest BCUT2D eigenvalue weighted by atomic mass is 10.1. The summed E-state index contributed by atoms with van der Waals surface area (Å²) in [4.78, 5) is 61.4. The first-order chi connectivity index (χ1) is 28.6. The van der Waals surface area contributed by atoms with Crippen LogP contribution < -0.4 is 10.6 Å². The minimum atomic E-state index is -1.08. The molecule has 334 valence electrons. The number of Topliss-reactive ketones (excluding diaryl/α,β-unsaturated/α-hetero) is 1. The van der Waals surface area contributed by atoms with Crippen LogP contribution in [0, 0.1) is 0 Å². The van der Waals surface area contributed by atoms with E-state index < -0.39 is 24.0 Å². The molecule has 0 aromatic rings. The first kappa shape index (κ1) is 54.9. The van der Waals surface area contributed by atoms with Crippen LogP contribution in [-0.2, 0) is 24.0 Å². The number of nitrogens with zero attached hydrogens (tertiary/aromatic N) is 1. The summed E-state index contributed by atoms with van der Waals surface area (Å²) in [5, 5.41) is 23.5. The number of carbonyl (C=O) groups is 5. The van der Waals surface area contributed by atoms with E-state index in [0.29, 0.717) is 12.8 Å². The smallest absolute Gasteiger partial charge is 0.326 e. The van der Waals surface area contributed by atoms with E-state index in [0.717, 1.165) is 69.9 Å². The second-order valence-corrected chi connectivity index (χ2v) is 15.6. The van der Waals surface area contributed by atoms with Crippen LogP contribution >= 0.6 is 0 Å². The summed E-state index contributed by atoms with van der Waals surface area (Å²) >= 11 is 0. The van der Waals surface area contributed by atoms with E-state index in [-0.39, 0.29) is 36.9 Å². The topological polar surface area (TPSA) is 162 Å². The van der Waals surface area contributed by atoms with Crippen LogP contribution in [0.2, 0.25) is 0 Å². The Hall–Kier alpha value is -4.08. The van der Waals surface area contributed by atoms with Crippen LogP contribution in [0.15, 0.2) is 65.4 Å². The number of amides is 2. The molecule has 1 heterocycles. The van der Waals surface area contributed by atoms with E-state index in [1.807, 2.05) is 6.08 Å². The monoisotopic (exact) mass is 824 g/mol. The highest BCUT2D eigenvalue weighted by Gasteiger charge is 2.22. The Kier molecular flexibility index (Phi) is 37.9. The normalized spacial score (nSPS) is 13.5. The quantitative estimate of drug-likeness (QED) is 0.0358. The Morgan fingerprint density at radius 2 is 0.966 bits per heavy atom. The second kappa shape index (κ2) is 40.7. The number of aliphatic carboxylic acids is 2. The Morgan fingerprint density at radius 3 is 1.37 bits per heavy atom. The maximum Gasteiger partial charge on any atom is 0.326 e. The second-order valence-electron chi connectivity index (χ2n) is 15.6. The molecule has 10 heteroatoms. The fourth-order valence-corrected chi connectivity index (χ4v) is 6.33. The molecular weight excluding hydrogens is 743 g/mol. The summed E-state index contributed by atoms with van der Waals surface area (Å²) < 4.78 is 0. The number of unbranched alkanes of at least 4 members (excludes halogenated alkanes) is 18. The summed E-state index contributed by atoms with van der Waals surface area (Å²) in [7, 11) is 0. The third-order valence-electron chi connectivity index (χ3n) is 9.95. The number of allylic oxidation sites excluding steroid dienone is 9. The molecule has 2 amide bonds. The van der Waals surface area contributed by atoms with E-state index in [1.54, 1.807) is 6.21 Å². The number of carbonyl (C=O) groups excluding carboxylic acids is 3. The molecule has 1 aliphatic heterocycles. The largest absolute Gasteiger partial charge is 0.480 e. The number of carboxylic acid groups (broad SMARTS) is 2. The van der Waals surface area contributed by atoms with Crippen molar-refractivity contribution in [2.75, 3.05) is 0 Å². The molecule has 10 nitrogen and oxygen atoms in total. The van der Waals surface area contributed by atoms with Gasteiger partial charge in [-0.3, -0.25) is 14.6 Å². The summed E-state index contributed by atoms with van der Waals surface area (Å²) in [5.41, 5.74) is 0.735. The van der Waals surface area contributed by atoms with Gasteiger partial charge in [-0.05, 0) is 77.6 Å². The Balaban J connectivity index is 0.00000114. The SMILES string of the molecule is CCCCC/C=C\C=C\CCCCCCCCC(=O)NC(CCC(C)=O)C(=O)O.CCCCCC/C=C/C=C\CCCCCCCC(=O)NC(CC1=CCC=N1)C(=O)O. The van der Waals surface area contributed by atoms with Crippen LogP contribution in [0.25, 0.3) is 0 Å². The molecule has 59 heavy (non-hydrogen) atoms. The average Bonchev–Trinajstić information content (AvgIpc) is 3.72. The van der Waals surface area contributed by atoms with Crippen molar-refractivity contribution in [2.24, 2.45) is 4.99 Å². The van der Waals surface area contributed by atoms with Gasteiger partial charge < -0.3 is 25.6 Å². The molecule has 2 unspecified atom stereocenters. The number of nitrogens with one attached hydrogen (secondary N) is 2. The van der Waals surface area contributed by atoms with E-state index in [9.17, 15) is 29.1 Å². The van der Waals surface area contributed by atoms with Gasteiger partial charge in [0.05, 0.1) is 0 Å². The number of hydrogen-bond acceptors (Lipinski definition) is 6. The third kappa shape index (κ3) is 37.9. The molecule has 1 rings (SSSR count). The van der Waals surface area contributed by atoms with Crippen molar-refractivity contribution < 1.29 is 34.2 Å². The molecular formula is C49H81N3O7. The maximum absolute atomic E-state index is 12.0. The van der Waals surface area contributed by atoms with Gasteiger partial charge in [0.1, 0.15) is 17.9 Å². The molecule has 0 fully saturated rings. The highest BCUT2D eigenvalue weighted by atomic mass is 16.4. The van der Waals surface area contributed by atoms with Gasteiger partial charge in [0.15, 0.2) is 0 Å². The van der Waals surface area contributed by atoms with Gasteiger partial charge in [0.25, 0.3) is 0 Å². The fraction of sp³-hybridized carbons (Fsp3) is 0.673. The fourth-order valence-electron chi connectivity index (χ4n) is 6.33. The highest BCUT2D eigenvalue weighted by molar-refractivity contribution is 5.85. The van der Waals surface area contributed by atoms with Crippen molar-refractivity contribution in [2.45, 2.75) is 213 Å². The van der Waals surface area contributed by atoms with Crippen molar-refractivity contribution in [3.05, 3.63) is 60.4 Å². The van der Waals surface area contributed by atoms with Crippen molar-refractivity contribution in [3.63, 3.8) is 0 Å². The van der Waals surface area contributed by atoms with Gasteiger partial charge in [-0.2, -0.15) is 0 Å². The van der Waals surface area contributed by atoms with Gasteiger partial charge in [-0.1, -0.05) is 146 Å².